The molecule has 0 saturated heterocycles. The maximum absolute atomic E-state index is 5.81. The molecule has 5 heteroatoms. The van der Waals surface area contributed by atoms with E-state index >= 15 is 0 Å². The van der Waals surface area contributed by atoms with E-state index in [0.717, 1.165) is 5.82 Å². The van der Waals surface area contributed by atoms with E-state index in [0.29, 0.717) is 23.1 Å². The van der Waals surface area contributed by atoms with E-state index in [-0.39, 0.29) is 12.5 Å². The van der Waals surface area contributed by atoms with Gasteiger partial charge in [0.25, 0.3) is 0 Å². The van der Waals surface area contributed by atoms with Gasteiger partial charge in [0.2, 0.25) is 0 Å². The fraction of sp³-hybridized carbons (Fsp3) is 0.357. The molecule has 0 atom stereocenters. The van der Waals surface area contributed by atoms with Crippen LogP contribution in [0.25, 0.3) is 0 Å². The lowest BCUT2D eigenvalue weighted by Crippen LogP contribution is -2.09. The van der Waals surface area contributed by atoms with Gasteiger partial charge in [-0.3, -0.25) is 0 Å². The van der Waals surface area contributed by atoms with Crippen LogP contribution in [0.3, 0.4) is 0 Å². The van der Waals surface area contributed by atoms with Crippen LogP contribution in [-0.4, -0.2) is 15.0 Å². The third-order valence-corrected chi connectivity index (χ3v) is 2.60. The van der Waals surface area contributed by atoms with Gasteiger partial charge in [-0.05, 0) is 19.1 Å². The summed E-state index contributed by atoms with van der Waals surface area (Å²) in [6.07, 6.45) is 0. The fourth-order valence-electron chi connectivity index (χ4n) is 1.64. The number of ether oxygens (including phenoxy) is 1. The molecular weight excluding hydrogens is 240 g/mol. The van der Waals surface area contributed by atoms with Crippen LogP contribution in [0.1, 0.15) is 37.2 Å². The lowest BCUT2D eigenvalue weighted by atomic mass is 10.2. The van der Waals surface area contributed by atoms with E-state index in [1.165, 1.54) is 0 Å². The van der Waals surface area contributed by atoms with E-state index in [2.05, 4.69) is 28.8 Å². The summed E-state index contributed by atoms with van der Waals surface area (Å²) in [6, 6.07) is 7.37. The van der Waals surface area contributed by atoms with Crippen molar-refractivity contribution in [2.45, 2.75) is 33.3 Å². The Morgan fingerprint density at radius 3 is 2.58 bits per heavy atom. The van der Waals surface area contributed by atoms with E-state index in [1.807, 2.05) is 25.1 Å². The van der Waals surface area contributed by atoms with Gasteiger partial charge in [-0.1, -0.05) is 26.0 Å². The number of hydrogen-bond acceptors (Lipinski definition) is 5. The summed E-state index contributed by atoms with van der Waals surface area (Å²) in [7, 11) is 0. The maximum Gasteiger partial charge on any atom is 0.170 e. The van der Waals surface area contributed by atoms with E-state index in [4.69, 9.17) is 10.5 Å². The Morgan fingerprint density at radius 2 is 1.89 bits per heavy atom. The zero-order chi connectivity index (χ0) is 13.8. The van der Waals surface area contributed by atoms with Crippen LogP contribution in [-0.2, 0) is 6.61 Å². The number of hydrogen-bond donors (Lipinski definition) is 1. The number of aromatic nitrogens is 3. The molecule has 1 heterocycles. The molecule has 0 radical (unpaired) electrons. The van der Waals surface area contributed by atoms with Crippen LogP contribution in [0.5, 0.6) is 5.75 Å². The number of nitrogens with two attached hydrogens (primary N) is 1. The molecule has 2 rings (SSSR count). The quantitative estimate of drug-likeness (QED) is 0.853. The molecule has 0 aliphatic heterocycles. The number of nitrogen functional groups attached to an aromatic ring is 1. The lowest BCUT2D eigenvalue weighted by Gasteiger charge is -2.10. The zero-order valence-corrected chi connectivity index (χ0v) is 11.4. The van der Waals surface area contributed by atoms with Gasteiger partial charge in [0.1, 0.15) is 24.0 Å². The van der Waals surface area contributed by atoms with Gasteiger partial charge in [0.15, 0.2) is 5.82 Å². The molecule has 2 aromatic rings. The third kappa shape index (κ3) is 3.40. The molecule has 19 heavy (non-hydrogen) atoms. The Labute approximate surface area is 112 Å². The van der Waals surface area contributed by atoms with Crippen LogP contribution in [0.15, 0.2) is 24.3 Å². The fourth-order valence-corrected chi connectivity index (χ4v) is 1.64. The van der Waals surface area contributed by atoms with Gasteiger partial charge in [0.05, 0.1) is 5.69 Å². The normalized spacial score (nSPS) is 10.7. The zero-order valence-electron chi connectivity index (χ0n) is 11.4. The number of para-hydroxylation sites is 2. The van der Waals surface area contributed by atoms with Crippen LogP contribution in [0.4, 0.5) is 5.69 Å². The molecule has 1 aromatic carbocycles. The third-order valence-electron chi connectivity index (χ3n) is 2.60. The first-order valence-corrected chi connectivity index (χ1v) is 6.25. The van der Waals surface area contributed by atoms with E-state index in [9.17, 15) is 0 Å². The highest BCUT2D eigenvalue weighted by molar-refractivity contribution is 5.51. The molecule has 0 unspecified atom stereocenters. The molecule has 0 fully saturated rings. The molecule has 0 amide bonds. The summed E-state index contributed by atoms with van der Waals surface area (Å²) in [4.78, 5) is 13.0. The largest absolute Gasteiger partial charge is 0.483 e. The second-order valence-corrected chi connectivity index (χ2v) is 4.64. The molecular formula is C14H18N4O. The topological polar surface area (TPSA) is 73.9 Å². The Morgan fingerprint density at radius 1 is 1.16 bits per heavy atom. The Balaban J connectivity index is 2.14. The van der Waals surface area contributed by atoms with Crippen molar-refractivity contribution < 1.29 is 4.74 Å². The molecule has 0 spiro atoms. The Hall–Kier alpha value is -2.17. The molecule has 1 aromatic heterocycles. The number of anilines is 1. The summed E-state index contributed by atoms with van der Waals surface area (Å²) < 4.78 is 5.63. The summed E-state index contributed by atoms with van der Waals surface area (Å²) in [6.45, 7) is 6.24. The van der Waals surface area contributed by atoms with E-state index in [1.54, 1.807) is 6.07 Å². The van der Waals surface area contributed by atoms with Gasteiger partial charge >= 0.3 is 0 Å². The minimum atomic E-state index is 0.266. The first-order valence-electron chi connectivity index (χ1n) is 6.25. The van der Waals surface area contributed by atoms with Crippen molar-refractivity contribution in [1.29, 1.82) is 0 Å². The van der Waals surface area contributed by atoms with Crippen LogP contribution < -0.4 is 10.5 Å². The molecule has 0 bridgehead atoms. The van der Waals surface area contributed by atoms with Crippen molar-refractivity contribution in [2.75, 3.05) is 5.73 Å². The number of aryl methyl sites for hydroxylation is 1. The Kier molecular flexibility index (Phi) is 3.94. The van der Waals surface area contributed by atoms with Crippen molar-refractivity contribution >= 4 is 5.69 Å². The number of rotatable bonds is 4. The van der Waals surface area contributed by atoms with Crippen molar-refractivity contribution in [3.8, 4) is 5.75 Å². The molecule has 0 saturated carbocycles. The minimum absolute atomic E-state index is 0.266. The van der Waals surface area contributed by atoms with Crippen LogP contribution in [0, 0.1) is 6.92 Å². The molecule has 2 N–H and O–H groups in total. The van der Waals surface area contributed by atoms with Crippen molar-refractivity contribution in [2.24, 2.45) is 0 Å². The lowest BCUT2D eigenvalue weighted by molar-refractivity contribution is 0.295. The average molecular weight is 258 g/mol. The van der Waals surface area contributed by atoms with Crippen molar-refractivity contribution in [1.82, 2.24) is 15.0 Å². The highest BCUT2D eigenvalue weighted by Gasteiger charge is 2.08. The van der Waals surface area contributed by atoms with Gasteiger partial charge in [-0.2, -0.15) is 0 Å². The smallest absolute Gasteiger partial charge is 0.170 e. The van der Waals surface area contributed by atoms with Crippen molar-refractivity contribution in [3.63, 3.8) is 0 Å². The second kappa shape index (κ2) is 5.65. The van der Waals surface area contributed by atoms with Gasteiger partial charge in [-0.15, -0.1) is 0 Å². The number of benzene rings is 1. The van der Waals surface area contributed by atoms with Gasteiger partial charge < -0.3 is 10.5 Å². The number of nitrogens with zero attached hydrogens (tertiary/aromatic N) is 3. The molecule has 0 aliphatic carbocycles. The molecule has 0 aliphatic rings. The van der Waals surface area contributed by atoms with Crippen molar-refractivity contribution in [3.05, 3.63) is 41.7 Å². The summed E-state index contributed by atoms with van der Waals surface area (Å²) in [5, 5.41) is 0. The average Bonchev–Trinajstić information content (AvgIpc) is 2.37. The Bertz CT molecular complexity index is 569. The van der Waals surface area contributed by atoms with Crippen LogP contribution >= 0.6 is 0 Å². The van der Waals surface area contributed by atoms with Gasteiger partial charge in [-0.25, -0.2) is 15.0 Å². The second-order valence-electron chi connectivity index (χ2n) is 4.64. The molecule has 5 nitrogen and oxygen atoms in total. The summed E-state index contributed by atoms with van der Waals surface area (Å²) in [5.41, 5.74) is 6.42. The maximum atomic E-state index is 5.81. The van der Waals surface area contributed by atoms with E-state index < -0.39 is 0 Å². The predicted octanol–water partition coefficient (Wildman–Crippen LogP) is 2.46. The minimum Gasteiger partial charge on any atom is -0.483 e. The van der Waals surface area contributed by atoms with Crippen LogP contribution in [0.2, 0.25) is 0 Å². The standard InChI is InChI=1S/C14H18N4O/c1-9(2)14-17-10(3)16-13(18-14)8-19-12-7-5-4-6-11(12)15/h4-7,9H,8,15H2,1-3H3. The summed E-state index contributed by atoms with van der Waals surface area (Å²) >= 11 is 0. The highest BCUT2D eigenvalue weighted by atomic mass is 16.5. The predicted molar refractivity (Wildman–Crippen MR) is 73.8 cm³/mol. The molecule has 100 valence electrons. The highest BCUT2D eigenvalue weighted by Crippen LogP contribution is 2.20. The first-order chi connectivity index (χ1) is 9.06. The SMILES string of the molecule is Cc1nc(COc2ccccc2N)nc(C(C)C)n1. The summed E-state index contributed by atoms with van der Waals surface area (Å²) in [5.74, 6) is 3.03. The first kappa shape index (κ1) is 13.3. The monoisotopic (exact) mass is 258 g/mol. The van der Waals surface area contributed by atoms with Gasteiger partial charge in [0, 0.05) is 5.92 Å².